The normalized spacial score (nSPS) is 22.4. The summed E-state index contributed by atoms with van der Waals surface area (Å²) in [7, 11) is 0. The Kier molecular flexibility index (Phi) is 5.42. The number of carbonyl (C=O) groups is 2. The molecule has 0 saturated carbocycles. The van der Waals surface area contributed by atoms with E-state index in [0.717, 1.165) is 0 Å². The summed E-state index contributed by atoms with van der Waals surface area (Å²) in [6.07, 6.45) is -2.33. The van der Waals surface area contributed by atoms with Crippen molar-refractivity contribution in [2.24, 2.45) is 0 Å². The molecule has 1 N–H and O–H groups in total. The van der Waals surface area contributed by atoms with Gasteiger partial charge in [-0.05, 0) is 24.3 Å². The van der Waals surface area contributed by atoms with E-state index in [4.69, 9.17) is 14.2 Å². The predicted octanol–water partition coefficient (Wildman–Crippen LogP) is 2.18. The monoisotopic (exact) mass is 342 g/mol. The molecule has 1 heterocycles. The molecular formula is C19H18O6. The predicted molar refractivity (Wildman–Crippen MR) is 87.9 cm³/mol. The smallest absolute Gasteiger partial charge is 0.338 e. The Hall–Kier alpha value is -2.70. The van der Waals surface area contributed by atoms with Crippen molar-refractivity contribution in [1.29, 1.82) is 0 Å². The van der Waals surface area contributed by atoms with Gasteiger partial charge in [0.25, 0.3) is 0 Å². The number of carbonyl (C=O) groups excluding carboxylic acids is 2. The number of esters is 2. The third-order valence-corrected chi connectivity index (χ3v) is 3.84. The van der Waals surface area contributed by atoms with Crippen LogP contribution in [-0.2, 0) is 14.2 Å². The lowest BCUT2D eigenvalue weighted by atomic mass is 10.1. The zero-order valence-electron chi connectivity index (χ0n) is 13.4. The second-order valence-corrected chi connectivity index (χ2v) is 5.64. The van der Waals surface area contributed by atoms with Crippen LogP contribution in [0.3, 0.4) is 0 Å². The Morgan fingerprint density at radius 2 is 1.52 bits per heavy atom. The summed E-state index contributed by atoms with van der Waals surface area (Å²) in [5.74, 6) is -1.01. The second-order valence-electron chi connectivity index (χ2n) is 5.64. The lowest BCUT2D eigenvalue weighted by Gasteiger charge is -2.18. The molecular weight excluding hydrogens is 324 g/mol. The molecule has 0 bridgehead atoms. The van der Waals surface area contributed by atoms with Crippen molar-refractivity contribution in [3.05, 3.63) is 71.8 Å². The SMILES string of the molecule is O=C(OC[C@H]1O[C@@H](O)C[C@H]1OC(=O)c1ccccc1)c1ccccc1. The summed E-state index contributed by atoms with van der Waals surface area (Å²) in [6.45, 7) is -0.114. The Bertz CT molecular complexity index is 715. The van der Waals surface area contributed by atoms with E-state index in [1.165, 1.54) is 0 Å². The van der Waals surface area contributed by atoms with Crippen molar-refractivity contribution in [3.63, 3.8) is 0 Å². The number of aliphatic hydroxyl groups excluding tert-OH is 1. The van der Waals surface area contributed by atoms with Crippen LogP contribution in [0.5, 0.6) is 0 Å². The van der Waals surface area contributed by atoms with Gasteiger partial charge in [0, 0.05) is 6.42 Å². The van der Waals surface area contributed by atoms with Gasteiger partial charge in [0.2, 0.25) is 0 Å². The van der Waals surface area contributed by atoms with E-state index in [-0.39, 0.29) is 13.0 Å². The number of hydrogen-bond acceptors (Lipinski definition) is 6. The minimum Gasteiger partial charge on any atom is -0.459 e. The summed E-state index contributed by atoms with van der Waals surface area (Å²) in [5.41, 5.74) is 0.822. The van der Waals surface area contributed by atoms with Crippen molar-refractivity contribution in [2.45, 2.75) is 24.9 Å². The maximum atomic E-state index is 12.1. The molecule has 1 fully saturated rings. The molecule has 1 saturated heterocycles. The average molecular weight is 342 g/mol. The fourth-order valence-electron chi connectivity index (χ4n) is 2.56. The van der Waals surface area contributed by atoms with Crippen molar-refractivity contribution in [1.82, 2.24) is 0 Å². The first-order chi connectivity index (χ1) is 12.1. The van der Waals surface area contributed by atoms with Gasteiger partial charge in [0.1, 0.15) is 18.8 Å². The number of ether oxygens (including phenoxy) is 3. The van der Waals surface area contributed by atoms with E-state index in [0.29, 0.717) is 11.1 Å². The van der Waals surface area contributed by atoms with E-state index < -0.39 is 30.4 Å². The van der Waals surface area contributed by atoms with Gasteiger partial charge in [-0.1, -0.05) is 36.4 Å². The molecule has 25 heavy (non-hydrogen) atoms. The number of aliphatic hydroxyl groups is 1. The van der Waals surface area contributed by atoms with Crippen LogP contribution in [0.2, 0.25) is 0 Å². The number of rotatable bonds is 5. The van der Waals surface area contributed by atoms with Crippen LogP contribution >= 0.6 is 0 Å². The minimum absolute atomic E-state index is 0.114. The summed E-state index contributed by atoms with van der Waals surface area (Å²) in [4.78, 5) is 24.1. The Balaban J connectivity index is 1.58. The first-order valence-corrected chi connectivity index (χ1v) is 7.95. The molecule has 1 aliphatic heterocycles. The molecule has 3 rings (SSSR count). The Morgan fingerprint density at radius 3 is 2.12 bits per heavy atom. The average Bonchev–Trinajstić information content (AvgIpc) is 3.00. The molecule has 2 aromatic carbocycles. The Labute approximate surface area is 144 Å². The van der Waals surface area contributed by atoms with Gasteiger partial charge in [0.05, 0.1) is 11.1 Å². The first-order valence-electron chi connectivity index (χ1n) is 7.95. The molecule has 6 heteroatoms. The number of benzene rings is 2. The Morgan fingerprint density at radius 1 is 0.960 bits per heavy atom. The molecule has 0 amide bonds. The third-order valence-electron chi connectivity index (χ3n) is 3.84. The van der Waals surface area contributed by atoms with Crippen molar-refractivity contribution in [2.75, 3.05) is 6.61 Å². The summed E-state index contributed by atoms with van der Waals surface area (Å²) < 4.78 is 15.9. The van der Waals surface area contributed by atoms with Gasteiger partial charge < -0.3 is 19.3 Å². The second kappa shape index (κ2) is 7.92. The lowest BCUT2D eigenvalue weighted by molar-refractivity contribution is -0.110. The molecule has 1 aliphatic rings. The van der Waals surface area contributed by atoms with Crippen LogP contribution < -0.4 is 0 Å². The van der Waals surface area contributed by atoms with Crippen LogP contribution in [0.25, 0.3) is 0 Å². The van der Waals surface area contributed by atoms with Gasteiger partial charge in [-0.3, -0.25) is 0 Å². The zero-order chi connectivity index (χ0) is 17.6. The number of hydrogen-bond donors (Lipinski definition) is 1. The fraction of sp³-hybridized carbons (Fsp3) is 0.263. The molecule has 0 unspecified atom stereocenters. The highest BCUT2D eigenvalue weighted by Gasteiger charge is 2.38. The van der Waals surface area contributed by atoms with Crippen LogP contribution in [-0.4, -0.2) is 42.1 Å². The molecule has 6 nitrogen and oxygen atoms in total. The molecule has 0 spiro atoms. The van der Waals surface area contributed by atoms with Crippen molar-refractivity contribution < 1.29 is 28.9 Å². The largest absolute Gasteiger partial charge is 0.459 e. The summed E-state index contributed by atoms with van der Waals surface area (Å²) in [5, 5.41) is 9.68. The van der Waals surface area contributed by atoms with Crippen molar-refractivity contribution in [3.8, 4) is 0 Å². The highest BCUT2D eigenvalue weighted by atomic mass is 16.7. The lowest BCUT2D eigenvalue weighted by Crippen LogP contribution is -2.32. The van der Waals surface area contributed by atoms with Crippen molar-refractivity contribution >= 4 is 11.9 Å². The molecule has 2 aromatic rings. The molecule has 130 valence electrons. The topological polar surface area (TPSA) is 82.1 Å². The fourth-order valence-corrected chi connectivity index (χ4v) is 2.56. The van der Waals surface area contributed by atoms with E-state index in [2.05, 4.69) is 0 Å². The maximum absolute atomic E-state index is 12.1. The van der Waals surface area contributed by atoms with Gasteiger partial charge >= 0.3 is 11.9 Å². The van der Waals surface area contributed by atoms with Gasteiger partial charge in [-0.2, -0.15) is 0 Å². The van der Waals surface area contributed by atoms with Crippen LogP contribution in [0.4, 0.5) is 0 Å². The van der Waals surface area contributed by atoms with Crippen LogP contribution in [0.1, 0.15) is 27.1 Å². The molecule has 0 aliphatic carbocycles. The minimum atomic E-state index is -1.06. The van der Waals surface area contributed by atoms with Gasteiger partial charge in [-0.15, -0.1) is 0 Å². The highest BCUT2D eigenvalue weighted by molar-refractivity contribution is 5.90. The molecule has 3 atom stereocenters. The summed E-state index contributed by atoms with van der Waals surface area (Å²) in [6, 6.07) is 17.1. The van der Waals surface area contributed by atoms with Gasteiger partial charge in [-0.25, -0.2) is 9.59 Å². The van der Waals surface area contributed by atoms with Crippen LogP contribution in [0, 0.1) is 0 Å². The first kappa shape index (κ1) is 17.1. The summed E-state index contributed by atoms with van der Waals surface area (Å²) >= 11 is 0. The molecule has 0 aromatic heterocycles. The quantitative estimate of drug-likeness (QED) is 0.839. The standard InChI is InChI=1S/C19H18O6/c20-17-11-15(25-19(22)14-9-5-2-6-10-14)16(24-17)12-23-18(21)13-7-3-1-4-8-13/h1-10,15-17,20H,11-12H2/t15-,16-,17-/m1/s1. The highest BCUT2D eigenvalue weighted by Crippen LogP contribution is 2.23. The zero-order valence-corrected chi connectivity index (χ0v) is 13.4. The van der Waals surface area contributed by atoms with Crippen LogP contribution in [0.15, 0.2) is 60.7 Å². The van der Waals surface area contributed by atoms with Gasteiger partial charge in [0.15, 0.2) is 6.29 Å². The maximum Gasteiger partial charge on any atom is 0.338 e. The van der Waals surface area contributed by atoms with E-state index in [9.17, 15) is 14.7 Å². The molecule has 0 radical (unpaired) electrons. The third kappa shape index (κ3) is 4.43. The van der Waals surface area contributed by atoms with E-state index in [1.54, 1.807) is 60.7 Å². The van der Waals surface area contributed by atoms with E-state index in [1.807, 2.05) is 0 Å². The van der Waals surface area contributed by atoms with E-state index >= 15 is 0 Å².